The number of benzene rings is 3. The molecule has 10 heteroatoms. The van der Waals surface area contributed by atoms with Gasteiger partial charge in [0, 0.05) is 23.6 Å². The van der Waals surface area contributed by atoms with Crippen LogP contribution >= 0.6 is 0 Å². The molecule has 2 aliphatic rings. The van der Waals surface area contributed by atoms with Crippen molar-refractivity contribution >= 4 is 11.6 Å². The Balaban J connectivity index is 1.47. The van der Waals surface area contributed by atoms with Crippen molar-refractivity contribution in [2.45, 2.75) is 30.9 Å². The molecule has 1 aliphatic carbocycles. The van der Waals surface area contributed by atoms with Gasteiger partial charge in [-0.2, -0.15) is 13.2 Å². The lowest BCUT2D eigenvalue weighted by Gasteiger charge is -2.34. The number of carbonyl (C=O) groups excluding carboxylic acids is 1. The maximum atomic E-state index is 13.8. The average molecular weight is 562 g/mol. The fourth-order valence-electron chi connectivity index (χ4n) is 5.79. The molecule has 0 fully saturated rings. The van der Waals surface area contributed by atoms with Gasteiger partial charge in [-0.1, -0.05) is 36.4 Å². The summed E-state index contributed by atoms with van der Waals surface area (Å²) < 4.78 is 52.2. The number of ketones is 1. The third-order valence-corrected chi connectivity index (χ3v) is 7.75. The minimum Gasteiger partial charge on any atom is -0.493 e. The molecule has 6 rings (SSSR count). The molecule has 7 nitrogen and oxygen atoms in total. The molecule has 0 saturated carbocycles. The van der Waals surface area contributed by atoms with Crippen LogP contribution in [0.1, 0.15) is 46.9 Å². The molecule has 0 amide bonds. The summed E-state index contributed by atoms with van der Waals surface area (Å²) in [6.07, 6.45) is -3.89. The van der Waals surface area contributed by atoms with Crippen molar-refractivity contribution in [1.29, 1.82) is 0 Å². The summed E-state index contributed by atoms with van der Waals surface area (Å²) in [5.41, 5.74) is 2.02. The van der Waals surface area contributed by atoms with Crippen molar-refractivity contribution in [3.63, 3.8) is 0 Å². The van der Waals surface area contributed by atoms with E-state index in [0.29, 0.717) is 46.3 Å². The van der Waals surface area contributed by atoms with E-state index in [4.69, 9.17) is 9.47 Å². The molecule has 0 spiro atoms. The van der Waals surface area contributed by atoms with Crippen molar-refractivity contribution in [2.24, 2.45) is 0 Å². The molecule has 0 bridgehead atoms. The van der Waals surface area contributed by atoms with Gasteiger partial charge < -0.3 is 14.8 Å². The number of alkyl halides is 3. The second-order valence-corrected chi connectivity index (χ2v) is 10.1. The second kappa shape index (κ2) is 10.0. The Bertz CT molecular complexity index is 1720. The summed E-state index contributed by atoms with van der Waals surface area (Å²) in [7, 11) is 3.09. The van der Waals surface area contributed by atoms with Crippen LogP contribution in [-0.2, 0) is 11.0 Å². The lowest BCUT2D eigenvalue weighted by molar-refractivity contribution is -0.137. The highest BCUT2D eigenvalue weighted by molar-refractivity contribution is 6.01. The molecule has 41 heavy (non-hydrogen) atoms. The number of H-pyrrole nitrogens is 1. The zero-order chi connectivity index (χ0) is 28.9. The monoisotopic (exact) mass is 561 g/mol. The van der Waals surface area contributed by atoms with Gasteiger partial charge in [-0.25, -0.2) is 4.68 Å². The van der Waals surface area contributed by atoms with Crippen molar-refractivity contribution in [3.8, 4) is 17.2 Å². The third-order valence-electron chi connectivity index (χ3n) is 7.75. The van der Waals surface area contributed by atoms with E-state index in [0.717, 1.165) is 17.7 Å². The largest absolute Gasteiger partial charge is 0.493 e. The van der Waals surface area contributed by atoms with Crippen LogP contribution in [0.15, 0.2) is 88.9 Å². The number of ether oxygens (including phenoxy) is 2. The molecule has 0 unspecified atom stereocenters. The number of methoxy groups -OCH3 is 2. The number of hydrogen-bond acceptors (Lipinski definition) is 5. The number of Topliss-reactive ketones (excluding diaryl/α,β-unsaturated/α-hetero) is 1. The number of fused-ring (bicyclic) bond motifs is 1. The Kier molecular flexibility index (Phi) is 6.48. The third kappa shape index (κ3) is 4.59. The fourth-order valence-corrected chi connectivity index (χ4v) is 5.79. The zero-order valence-corrected chi connectivity index (χ0v) is 22.2. The average Bonchev–Trinajstić information content (AvgIpc) is 3.31. The predicted molar refractivity (Wildman–Crippen MR) is 147 cm³/mol. The normalized spacial score (nSPS) is 18.4. The first-order valence-corrected chi connectivity index (χ1v) is 13.0. The Hall–Kier alpha value is -4.73. The van der Waals surface area contributed by atoms with Crippen LogP contribution in [-0.4, -0.2) is 29.8 Å². The van der Waals surface area contributed by atoms with E-state index in [9.17, 15) is 22.8 Å². The van der Waals surface area contributed by atoms with Crippen molar-refractivity contribution < 1.29 is 27.4 Å². The number of rotatable bonds is 5. The van der Waals surface area contributed by atoms with Crippen LogP contribution in [0, 0.1) is 0 Å². The van der Waals surface area contributed by atoms with Gasteiger partial charge >= 0.3 is 6.18 Å². The first-order valence-electron chi connectivity index (χ1n) is 13.0. The number of hydrogen-bond donors (Lipinski definition) is 2. The van der Waals surface area contributed by atoms with Crippen LogP contribution in [0.25, 0.3) is 5.69 Å². The maximum absolute atomic E-state index is 13.8. The van der Waals surface area contributed by atoms with Crippen LogP contribution in [0.2, 0.25) is 0 Å². The van der Waals surface area contributed by atoms with Crippen LogP contribution in [0.4, 0.5) is 19.0 Å². The highest BCUT2D eigenvalue weighted by Crippen LogP contribution is 2.47. The van der Waals surface area contributed by atoms with Gasteiger partial charge in [0.15, 0.2) is 17.3 Å². The van der Waals surface area contributed by atoms with Gasteiger partial charge in [0.05, 0.1) is 31.0 Å². The number of halogens is 3. The van der Waals surface area contributed by atoms with E-state index in [-0.39, 0.29) is 29.2 Å². The molecule has 1 aliphatic heterocycles. The number of anilines is 1. The summed E-state index contributed by atoms with van der Waals surface area (Å²) in [4.78, 5) is 27.6. The molecular formula is C31H26F3N3O4. The SMILES string of the molecule is COc1ccc([C@H]2CC(=O)C3=C(C2)Nc2[nH]n(-c4ccccc4)c(=O)c2[C@@H]3c2ccc(C(F)(F)F)cc2)cc1OC. The topological polar surface area (TPSA) is 85.4 Å². The van der Waals surface area contributed by atoms with E-state index in [2.05, 4.69) is 10.4 Å². The molecule has 2 heterocycles. The smallest absolute Gasteiger partial charge is 0.416 e. The molecule has 3 aromatic carbocycles. The summed E-state index contributed by atoms with van der Waals surface area (Å²) in [6.45, 7) is 0. The van der Waals surface area contributed by atoms with Gasteiger partial charge in [0.1, 0.15) is 5.82 Å². The lowest BCUT2D eigenvalue weighted by atomic mass is 9.72. The summed E-state index contributed by atoms with van der Waals surface area (Å²) in [5, 5.41) is 6.41. The van der Waals surface area contributed by atoms with Crippen LogP contribution in [0.5, 0.6) is 11.5 Å². The number of para-hydroxylation sites is 1. The number of nitrogens with zero attached hydrogens (tertiary/aromatic N) is 1. The van der Waals surface area contributed by atoms with E-state index < -0.39 is 17.7 Å². The van der Waals surface area contributed by atoms with E-state index in [1.165, 1.54) is 16.8 Å². The number of carbonyl (C=O) groups is 1. The predicted octanol–water partition coefficient (Wildman–Crippen LogP) is 6.16. The molecule has 0 saturated heterocycles. The molecule has 210 valence electrons. The molecule has 0 radical (unpaired) electrons. The Morgan fingerprint density at radius 2 is 1.54 bits per heavy atom. The van der Waals surface area contributed by atoms with Crippen molar-refractivity contribution in [1.82, 2.24) is 9.78 Å². The maximum Gasteiger partial charge on any atom is 0.416 e. The highest BCUT2D eigenvalue weighted by atomic mass is 19.4. The van der Waals surface area contributed by atoms with E-state index >= 15 is 0 Å². The zero-order valence-electron chi connectivity index (χ0n) is 22.2. The highest BCUT2D eigenvalue weighted by Gasteiger charge is 2.41. The van der Waals surface area contributed by atoms with Gasteiger partial charge in [0.2, 0.25) is 0 Å². The lowest BCUT2D eigenvalue weighted by Crippen LogP contribution is -2.32. The van der Waals surface area contributed by atoms with E-state index in [1.54, 1.807) is 44.6 Å². The minimum atomic E-state index is -4.51. The minimum absolute atomic E-state index is 0.166. The number of aromatic amines is 1. The fraction of sp³-hybridized carbons (Fsp3) is 0.226. The van der Waals surface area contributed by atoms with Gasteiger partial charge in [-0.05, 0) is 59.9 Å². The van der Waals surface area contributed by atoms with Gasteiger partial charge in [-0.15, -0.1) is 0 Å². The quantitative estimate of drug-likeness (QED) is 0.305. The van der Waals surface area contributed by atoms with Crippen molar-refractivity contribution in [2.75, 3.05) is 19.5 Å². The number of aromatic nitrogens is 2. The Labute approximate surface area is 233 Å². The molecule has 2 atom stereocenters. The first kappa shape index (κ1) is 26.5. The first-order chi connectivity index (χ1) is 19.7. The second-order valence-electron chi connectivity index (χ2n) is 10.1. The van der Waals surface area contributed by atoms with Crippen molar-refractivity contribution in [3.05, 3.63) is 117 Å². The summed E-state index contributed by atoms with van der Waals surface area (Å²) in [5.74, 6) is 0.315. The van der Waals surface area contributed by atoms with E-state index in [1.807, 2.05) is 18.2 Å². The van der Waals surface area contributed by atoms with Gasteiger partial charge in [0.25, 0.3) is 5.56 Å². The summed E-state index contributed by atoms with van der Waals surface area (Å²) >= 11 is 0. The molecule has 2 N–H and O–H groups in total. The molecule has 1 aromatic heterocycles. The standard InChI is InChI=1S/C31H26F3N3O4/c1-40-24-13-10-18(16-25(24)41-2)19-14-22-27(23(38)15-19)26(17-8-11-20(12-9-17)31(32,33)34)28-29(35-22)36-37(30(28)39)21-6-4-3-5-7-21/h3-13,16,19,26,35-36H,14-15H2,1-2H3/t19-,26-/m1/s1. The summed E-state index contributed by atoms with van der Waals surface area (Å²) in [6, 6.07) is 19.1. The molecule has 4 aromatic rings. The van der Waals surface area contributed by atoms with Gasteiger partial charge in [-0.3, -0.25) is 14.7 Å². The Morgan fingerprint density at radius 1 is 0.854 bits per heavy atom. The number of allylic oxidation sites excluding steroid dienone is 2. The molecular weight excluding hydrogens is 535 g/mol. The van der Waals surface area contributed by atoms with Crippen LogP contribution in [0.3, 0.4) is 0 Å². The number of nitrogens with one attached hydrogen (secondary N) is 2. The Morgan fingerprint density at radius 3 is 2.20 bits per heavy atom. The van der Waals surface area contributed by atoms with Crippen LogP contribution < -0.4 is 20.3 Å².